The average molecular weight is 195 g/mol. The van der Waals surface area contributed by atoms with Crippen LogP contribution >= 0.6 is 0 Å². The average Bonchev–Trinajstić information content (AvgIpc) is 1.94. The standard InChI is InChI=1S/C7H5F4NO/c8-4-2-5(12)3(1-6(4)13)7(9,10)11/h1-2,13H,12H2. The van der Waals surface area contributed by atoms with E-state index in [1.807, 2.05) is 0 Å². The van der Waals surface area contributed by atoms with Crippen LogP contribution in [0, 0.1) is 5.82 Å². The summed E-state index contributed by atoms with van der Waals surface area (Å²) in [6.45, 7) is 0. The molecule has 0 radical (unpaired) electrons. The van der Waals surface area contributed by atoms with Crippen molar-refractivity contribution in [2.75, 3.05) is 5.73 Å². The van der Waals surface area contributed by atoms with Gasteiger partial charge in [-0.05, 0) is 6.07 Å². The van der Waals surface area contributed by atoms with Crippen LogP contribution in [0.3, 0.4) is 0 Å². The topological polar surface area (TPSA) is 46.2 Å². The first-order valence-electron chi connectivity index (χ1n) is 3.17. The molecule has 1 aromatic rings. The van der Waals surface area contributed by atoms with Gasteiger partial charge in [0, 0.05) is 11.8 Å². The normalized spacial score (nSPS) is 11.7. The summed E-state index contributed by atoms with van der Waals surface area (Å²) in [6, 6.07) is 0.683. The van der Waals surface area contributed by atoms with Gasteiger partial charge in [-0.15, -0.1) is 0 Å². The van der Waals surface area contributed by atoms with Crippen molar-refractivity contribution in [3.63, 3.8) is 0 Å². The summed E-state index contributed by atoms with van der Waals surface area (Å²) in [7, 11) is 0. The number of nitrogens with two attached hydrogens (primary N) is 1. The zero-order chi connectivity index (χ0) is 10.2. The minimum atomic E-state index is -4.69. The van der Waals surface area contributed by atoms with Crippen LogP contribution in [0.4, 0.5) is 23.2 Å². The van der Waals surface area contributed by atoms with E-state index in [0.29, 0.717) is 6.07 Å². The third-order valence-corrected chi connectivity index (χ3v) is 1.42. The highest BCUT2D eigenvalue weighted by atomic mass is 19.4. The molecule has 6 heteroatoms. The molecule has 0 saturated heterocycles. The minimum Gasteiger partial charge on any atom is -0.505 e. The summed E-state index contributed by atoms with van der Waals surface area (Å²) < 4.78 is 48.6. The largest absolute Gasteiger partial charge is 0.505 e. The molecule has 0 heterocycles. The number of phenolic OH excluding ortho intramolecular Hbond substituents is 1. The second-order valence-electron chi connectivity index (χ2n) is 2.39. The molecule has 0 spiro atoms. The van der Waals surface area contributed by atoms with Crippen molar-refractivity contribution in [1.29, 1.82) is 0 Å². The number of nitrogen functional groups attached to an aromatic ring is 1. The van der Waals surface area contributed by atoms with Gasteiger partial charge in [0.2, 0.25) is 0 Å². The minimum absolute atomic E-state index is 0.255. The number of alkyl halides is 3. The predicted octanol–water partition coefficient (Wildman–Crippen LogP) is 2.13. The number of hydrogen-bond donors (Lipinski definition) is 2. The lowest BCUT2D eigenvalue weighted by Crippen LogP contribution is -2.09. The number of rotatable bonds is 0. The van der Waals surface area contributed by atoms with E-state index in [9.17, 15) is 17.6 Å². The van der Waals surface area contributed by atoms with Crippen LogP contribution in [-0.2, 0) is 6.18 Å². The molecule has 0 aromatic heterocycles. The van der Waals surface area contributed by atoms with Crippen molar-refractivity contribution in [2.45, 2.75) is 6.18 Å². The molecule has 0 atom stereocenters. The second kappa shape index (κ2) is 2.79. The highest BCUT2D eigenvalue weighted by Gasteiger charge is 2.33. The lowest BCUT2D eigenvalue weighted by Gasteiger charge is -2.10. The molecular formula is C7H5F4NO. The molecule has 0 aliphatic rings. The van der Waals surface area contributed by atoms with Crippen molar-refractivity contribution in [3.05, 3.63) is 23.5 Å². The van der Waals surface area contributed by atoms with Gasteiger partial charge in [-0.2, -0.15) is 13.2 Å². The van der Waals surface area contributed by atoms with E-state index >= 15 is 0 Å². The zero-order valence-electron chi connectivity index (χ0n) is 6.19. The van der Waals surface area contributed by atoms with Crippen LogP contribution in [0.25, 0.3) is 0 Å². The third kappa shape index (κ3) is 1.82. The maximum atomic E-state index is 12.5. The van der Waals surface area contributed by atoms with Gasteiger partial charge in [0.15, 0.2) is 11.6 Å². The zero-order valence-corrected chi connectivity index (χ0v) is 6.19. The van der Waals surface area contributed by atoms with Gasteiger partial charge in [0.25, 0.3) is 0 Å². The molecule has 72 valence electrons. The van der Waals surface area contributed by atoms with E-state index in [-0.39, 0.29) is 6.07 Å². The van der Waals surface area contributed by atoms with Crippen molar-refractivity contribution in [1.82, 2.24) is 0 Å². The van der Waals surface area contributed by atoms with Crippen LogP contribution in [-0.4, -0.2) is 5.11 Å². The van der Waals surface area contributed by atoms with Gasteiger partial charge in [-0.1, -0.05) is 0 Å². The summed E-state index contributed by atoms with van der Waals surface area (Å²) in [6.07, 6.45) is -4.69. The van der Waals surface area contributed by atoms with Crippen LogP contribution in [0.2, 0.25) is 0 Å². The first-order chi connectivity index (χ1) is 5.82. The SMILES string of the molecule is Nc1cc(F)c(O)cc1C(F)(F)F. The molecule has 0 amide bonds. The number of halogens is 4. The second-order valence-corrected chi connectivity index (χ2v) is 2.39. The summed E-state index contributed by atoms with van der Waals surface area (Å²) in [4.78, 5) is 0. The maximum absolute atomic E-state index is 12.5. The fourth-order valence-corrected chi connectivity index (χ4v) is 0.823. The van der Waals surface area contributed by atoms with Gasteiger partial charge < -0.3 is 10.8 Å². The van der Waals surface area contributed by atoms with Crippen LogP contribution in [0.15, 0.2) is 12.1 Å². The third-order valence-electron chi connectivity index (χ3n) is 1.42. The number of hydrogen-bond acceptors (Lipinski definition) is 2. The summed E-state index contributed by atoms with van der Waals surface area (Å²) >= 11 is 0. The summed E-state index contributed by atoms with van der Waals surface area (Å²) in [5, 5.41) is 8.66. The smallest absolute Gasteiger partial charge is 0.418 e. The molecule has 3 N–H and O–H groups in total. The van der Waals surface area contributed by atoms with Crippen LogP contribution < -0.4 is 5.73 Å². The Morgan fingerprint density at radius 1 is 1.23 bits per heavy atom. The first-order valence-corrected chi connectivity index (χ1v) is 3.17. The number of aromatic hydroxyl groups is 1. The highest BCUT2D eigenvalue weighted by molar-refractivity contribution is 5.52. The summed E-state index contributed by atoms with van der Waals surface area (Å²) in [5.41, 5.74) is 2.91. The van der Waals surface area contributed by atoms with Crippen molar-refractivity contribution in [3.8, 4) is 5.75 Å². The molecule has 1 aromatic carbocycles. The van der Waals surface area contributed by atoms with Crippen LogP contribution in [0.5, 0.6) is 5.75 Å². The molecule has 13 heavy (non-hydrogen) atoms. The number of anilines is 1. The van der Waals surface area contributed by atoms with Crippen molar-refractivity contribution in [2.24, 2.45) is 0 Å². The lowest BCUT2D eigenvalue weighted by molar-refractivity contribution is -0.137. The fourth-order valence-electron chi connectivity index (χ4n) is 0.823. The molecule has 1 rings (SSSR count). The Bertz CT molecular complexity index is 334. The quantitative estimate of drug-likeness (QED) is 0.378. The van der Waals surface area contributed by atoms with E-state index in [1.165, 1.54) is 0 Å². The van der Waals surface area contributed by atoms with Gasteiger partial charge in [-0.25, -0.2) is 4.39 Å². The van der Waals surface area contributed by atoms with Crippen LogP contribution in [0.1, 0.15) is 5.56 Å². The predicted molar refractivity (Wildman–Crippen MR) is 37.5 cm³/mol. The molecule has 0 fully saturated rings. The van der Waals surface area contributed by atoms with Crippen molar-refractivity contribution >= 4 is 5.69 Å². The van der Waals surface area contributed by atoms with Crippen molar-refractivity contribution < 1.29 is 22.7 Å². The Balaban J connectivity index is 3.32. The molecule has 0 aliphatic heterocycles. The molecule has 0 bridgehead atoms. The maximum Gasteiger partial charge on any atom is 0.418 e. The van der Waals surface area contributed by atoms with Gasteiger partial charge in [0.1, 0.15) is 0 Å². The van der Waals surface area contributed by atoms with E-state index in [2.05, 4.69) is 0 Å². The van der Waals surface area contributed by atoms with E-state index in [1.54, 1.807) is 0 Å². The number of phenols is 1. The Morgan fingerprint density at radius 3 is 2.23 bits per heavy atom. The molecule has 0 saturated carbocycles. The molecule has 0 aliphatic carbocycles. The Kier molecular flexibility index (Phi) is 2.07. The monoisotopic (exact) mass is 195 g/mol. The lowest BCUT2D eigenvalue weighted by atomic mass is 10.1. The van der Waals surface area contributed by atoms with E-state index in [0.717, 1.165) is 0 Å². The molecule has 0 unspecified atom stereocenters. The summed E-state index contributed by atoms with van der Waals surface area (Å²) in [5.74, 6) is -2.24. The Hall–Kier alpha value is -1.46. The van der Waals surface area contributed by atoms with Gasteiger partial charge >= 0.3 is 6.18 Å². The molecular weight excluding hydrogens is 190 g/mol. The van der Waals surface area contributed by atoms with E-state index in [4.69, 9.17) is 10.8 Å². The van der Waals surface area contributed by atoms with Gasteiger partial charge in [0.05, 0.1) is 5.56 Å². The Labute approximate surface area is 70.6 Å². The fraction of sp³-hybridized carbons (Fsp3) is 0.143. The highest BCUT2D eigenvalue weighted by Crippen LogP contribution is 2.36. The van der Waals surface area contributed by atoms with Gasteiger partial charge in [-0.3, -0.25) is 0 Å². The van der Waals surface area contributed by atoms with E-state index < -0.39 is 29.0 Å². The number of benzene rings is 1. The Morgan fingerprint density at radius 2 is 1.77 bits per heavy atom. The first kappa shape index (κ1) is 9.63. The molecule has 2 nitrogen and oxygen atoms in total.